The average Bonchev–Trinajstić information content (AvgIpc) is 3.19. The standard InChI is InChI=1S/C22H39N3O4Si/c1-22(2,3)29-21(27)24-10-9-19-18(14-24)20(16-7-8-17(26)13-16)23-25(19)15-28-11-12-30(4,5)6/h16-17,26H,7-15H2,1-6H3. The van der Waals surface area contributed by atoms with Crippen molar-refractivity contribution in [1.82, 2.24) is 14.7 Å². The van der Waals surface area contributed by atoms with E-state index in [2.05, 4.69) is 19.6 Å². The van der Waals surface area contributed by atoms with Gasteiger partial charge in [-0.2, -0.15) is 5.10 Å². The minimum absolute atomic E-state index is 0.246. The Morgan fingerprint density at radius 3 is 2.60 bits per heavy atom. The molecular formula is C22H39N3O4Si. The molecule has 0 saturated heterocycles. The van der Waals surface area contributed by atoms with E-state index in [4.69, 9.17) is 14.6 Å². The number of carbonyl (C=O) groups is 1. The van der Waals surface area contributed by atoms with Gasteiger partial charge in [0.2, 0.25) is 0 Å². The molecule has 8 heteroatoms. The third-order valence-corrected chi connectivity index (χ3v) is 7.52. The molecule has 30 heavy (non-hydrogen) atoms. The number of nitrogens with zero attached hydrogens (tertiary/aromatic N) is 3. The number of aromatic nitrogens is 2. The van der Waals surface area contributed by atoms with Gasteiger partial charge in [0.05, 0.1) is 18.3 Å². The zero-order valence-electron chi connectivity index (χ0n) is 19.5. The summed E-state index contributed by atoms with van der Waals surface area (Å²) in [4.78, 5) is 14.4. The largest absolute Gasteiger partial charge is 0.444 e. The number of carbonyl (C=O) groups excluding carboxylic acids is 1. The molecule has 7 nitrogen and oxygen atoms in total. The maximum absolute atomic E-state index is 12.6. The van der Waals surface area contributed by atoms with Gasteiger partial charge in [0, 0.05) is 44.8 Å². The van der Waals surface area contributed by atoms with Crippen LogP contribution >= 0.6 is 0 Å². The van der Waals surface area contributed by atoms with E-state index in [0.29, 0.717) is 19.8 Å². The Morgan fingerprint density at radius 1 is 1.27 bits per heavy atom. The van der Waals surface area contributed by atoms with Gasteiger partial charge in [0.15, 0.2) is 0 Å². The molecule has 1 aliphatic carbocycles. The van der Waals surface area contributed by atoms with Crippen LogP contribution in [0.4, 0.5) is 4.79 Å². The molecular weight excluding hydrogens is 398 g/mol. The molecule has 2 atom stereocenters. The molecule has 0 radical (unpaired) electrons. The number of aliphatic hydroxyl groups is 1. The predicted molar refractivity (Wildman–Crippen MR) is 119 cm³/mol. The average molecular weight is 438 g/mol. The minimum Gasteiger partial charge on any atom is -0.444 e. The fourth-order valence-electron chi connectivity index (χ4n) is 4.17. The van der Waals surface area contributed by atoms with Crippen molar-refractivity contribution < 1.29 is 19.4 Å². The molecule has 0 spiro atoms. The first-order valence-corrected chi connectivity index (χ1v) is 15.0. The van der Waals surface area contributed by atoms with Gasteiger partial charge in [0.1, 0.15) is 12.3 Å². The van der Waals surface area contributed by atoms with Gasteiger partial charge in [-0.25, -0.2) is 9.48 Å². The van der Waals surface area contributed by atoms with Gasteiger partial charge in [-0.1, -0.05) is 19.6 Å². The summed E-state index contributed by atoms with van der Waals surface area (Å²) in [5, 5.41) is 15.0. The van der Waals surface area contributed by atoms with Gasteiger partial charge >= 0.3 is 6.09 Å². The first kappa shape index (κ1) is 23.3. The molecule has 0 aromatic carbocycles. The molecule has 1 aliphatic heterocycles. The fourth-order valence-corrected chi connectivity index (χ4v) is 4.93. The molecule has 1 N–H and O–H groups in total. The zero-order chi connectivity index (χ0) is 22.1. The van der Waals surface area contributed by atoms with Crippen LogP contribution in [0.15, 0.2) is 0 Å². The van der Waals surface area contributed by atoms with E-state index >= 15 is 0 Å². The molecule has 3 rings (SSSR count). The van der Waals surface area contributed by atoms with Crippen LogP contribution in [-0.4, -0.2) is 58.8 Å². The van der Waals surface area contributed by atoms with E-state index in [1.54, 1.807) is 4.90 Å². The summed E-state index contributed by atoms with van der Waals surface area (Å²) in [5.74, 6) is 0.246. The highest BCUT2D eigenvalue weighted by molar-refractivity contribution is 6.76. The first-order valence-electron chi connectivity index (χ1n) is 11.2. The highest BCUT2D eigenvalue weighted by Crippen LogP contribution is 2.38. The third-order valence-electron chi connectivity index (χ3n) is 5.82. The van der Waals surface area contributed by atoms with Crippen LogP contribution in [0.3, 0.4) is 0 Å². The molecule has 2 heterocycles. The maximum Gasteiger partial charge on any atom is 0.410 e. The predicted octanol–water partition coefficient (Wildman–Crippen LogP) is 4.12. The number of amides is 1. The third kappa shape index (κ3) is 6.08. The smallest absolute Gasteiger partial charge is 0.410 e. The van der Waals surface area contributed by atoms with E-state index in [9.17, 15) is 9.90 Å². The lowest BCUT2D eigenvalue weighted by Gasteiger charge is -2.30. The summed E-state index contributed by atoms with van der Waals surface area (Å²) in [7, 11) is -1.13. The molecule has 0 bridgehead atoms. The molecule has 1 saturated carbocycles. The van der Waals surface area contributed by atoms with Crippen molar-refractivity contribution in [3.8, 4) is 0 Å². The topological polar surface area (TPSA) is 76.8 Å². The van der Waals surface area contributed by atoms with E-state index in [1.165, 1.54) is 5.69 Å². The highest BCUT2D eigenvalue weighted by Gasteiger charge is 2.35. The Morgan fingerprint density at radius 2 is 2.00 bits per heavy atom. The van der Waals surface area contributed by atoms with Crippen LogP contribution in [0.5, 0.6) is 0 Å². The Labute approximate surface area is 181 Å². The van der Waals surface area contributed by atoms with Crippen molar-refractivity contribution >= 4 is 14.2 Å². The molecule has 1 aromatic rings. The van der Waals surface area contributed by atoms with Crippen molar-refractivity contribution in [2.75, 3.05) is 13.2 Å². The quantitative estimate of drug-likeness (QED) is 0.535. The second kappa shape index (κ2) is 9.00. The summed E-state index contributed by atoms with van der Waals surface area (Å²) < 4.78 is 13.6. The van der Waals surface area contributed by atoms with Crippen LogP contribution < -0.4 is 0 Å². The number of fused-ring (bicyclic) bond motifs is 1. The number of rotatable bonds is 6. The van der Waals surface area contributed by atoms with Crippen molar-refractivity contribution in [3.05, 3.63) is 17.0 Å². The van der Waals surface area contributed by atoms with Crippen molar-refractivity contribution in [3.63, 3.8) is 0 Å². The molecule has 2 unspecified atom stereocenters. The highest BCUT2D eigenvalue weighted by atomic mass is 28.3. The summed E-state index contributed by atoms with van der Waals surface area (Å²) in [6.07, 6.45) is 2.71. The number of hydrogen-bond donors (Lipinski definition) is 1. The molecule has 1 fully saturated rings. The molecule has 1 aromatic heterocycles. The van der Waals surface area contributed by atoms with Gasteiger partial charge in [-0.15, -0.1) is 0 Å². The zero-order valence-corrected chi connectivity index (χ0v) is 20.5. The van der Waals surface area contributed by atoms with E-state index in [-0.39, 0.29) is 18.1 Å². The second-order valence-electron chi connectivity index (χ2n) is 11.0. The van der Waals surface area contributed by atoms with Crippen molar-refractivity contribution in [2.24, 2.45) is 0 Å². The van der Waals surface area contributed by atoms with Crippen molar-refractivity contribution in [1.29, 1.82) is 0 Å². The van der Waals surface area contributed by atoms with E-state index in [1.807, 2.05) is 25.5 Å². The number of aliphatic hydroxyl groups excluding tert-OH is 1. The van der Waals surface area contributed by atoms with E-state index < -0.39 is 13.7 Å². The van der Waals surface area contributed by atoms with Gasteiger partial charge in [-0.3, -0.25) is 0 Å². The Hall–Kier alpha value is -1.38. The summed E-state index contributed by atoms with van der Waals surface area (Å²) in [5.41, 5.74) is 2.81. The lowest BCUT2D eigenvalue weighted by Crippen LogP contribution is -2.40. The number of hydrogen-bond acceptors (Lipinski definition) is 5. The first-order chi connectivity index (χ1) is 13.9. The Kier molecular flexibility index (Phi) is 6.99. The summed E-state index contributed by atoms with van der Waals surface area (Å²) in [6.45, 7) is 15.1. The SMILES string of the molecule is CC(C)(C)OC(=O)N1CCc2c(c(C3CCC(O)C3)nn2COCC[Si](C)(C)C)C1. The van der Waals surface area contributed by atoms with Gasteiger partial charge in [-0.05, 0) is 46.1 Å². The molecule has 170 valence electrons. The fraction of sp³-hybridized carbons (Fsp3) is 0.818. The number of ether oxygens (including phenoxy) is 2. The van der Waals surface area contributed by atoms with Crippen LogP contribution in [0.2, 0.25) is 25.7 Å². The van der Waals surface area contributed by atoms with Crippen LogP contribution in [0.25, 0.3) is 0 Å². The van der Waals surface area contributed by atoms with Gasteiger partial charge < -0.3 is 19.5 Å². The summed E-state index contributed by atoms with van der Waals surface area (Å²) >= 11 is 0. The lowest BCUT2D eigenvalue weighted by molar-refractivity contribution is 0.0218. The maximum atomic E-state index is 12.6. The Bertz CT molecular complexity index is 751. The van der Waals surface area contributed by atoms with Crippen LogP contribution in [0.1, 0.15) is 62.9 Å². The second-order valence-corrected chi connectivity index (χ2v) is 16.6. The normalized spacial score (nSPS) is 22.3. The summed E-state index contributed by atoms with van der Waals surface area (Å²) in [6, 6.07) is 1.13. The molecule has 2 aliphatic rings. The van der Waals surface area contributed by atoms with Crippen LogP contribution in [-0.2, 0) is 29.2 Å². The van der Waals surface area contributed by atoms with Gasteiger partial charge in [0.25, 0.3) is 0 Å². The van der Waals surface area contributed by atoms with E-state index in [0.717, 1.165) is 49.6 Å². The monoisotopic (exact) mass is 437 g/mol. The van der Waals surface area contributed by atoms with Crippen molar-refractivity contribution in [2.45, 2.75) is 103 Å². The Balaban J connectivity index is 1.76. The minimum atomic E-state index is -1.13. The lowest BCUT2D eigenvalue weighted by atomic mass is 9.96. The molecule has 1 amide bonds. The van der Waals surface area contributed by atoms with Crippen LogP contribution in [0, 0.1) is 0 Å².